The highest BCUT2D eigenvalue weighted by Crippen LogP contribution is 2.30. The van der Waals surface area contributed by atoms with E-state index in [4.69, 9.17) is 16.3 Å². The van der Waals surface area contributed by atoms with Gasteiger partial charge < -0.3 is 14.7 Å². The van der Waals surface area contributed by atoms with Crippen molar-refractivity contribution in [2.75, 3.05) is 13.2 Å². The number of hydrogen-bond acceptors (Lipinski definition) is 3. The van der Waals surface area contributed by atoms with E-state index in [-0.39, 0.29) is 12.5 Å². The average Bonchev–Trinajstić information content (AvgIpc) is 2.81. The lowest BCUT2D eigenvalue weighted by molar-refractivity contribution is -0.156. The van der Waals surface area contributed by atoms with Crippen molar-refractivity contribution in [3.8, 4) is 5.75 Å². The molecule has 1 aromatic carbocycles. The van der Waals surface area contributed by atoms with E-state index in [1.807, 2.05) is 0 Å². The molecular weight excluding hydrogens is 282 g/mol. The Bertz CT molecular complexity index is 534. The van der Waals surface area contributed by atoms with E-state index in [0.717, 1.165) is 0 Å². The third-order valence-electron chi connectivity index (χ3n) is 3.59. The van der Waals surface area contributed by atoms with Gasteiger partial charge in [-0.1, -0.05) is 23.7 Å². The number of para-hydroxylation sites is 1. The molecule has 1 amide bonds. The molecule has 0 saturated carbocycles. The minimum Gasteiger partial charge on any atom is -0.482 e. The first kappa shape index (κ1) is 14.7. The Kier molecular flexibility index (Phi) is 4.18. The van der Waals surface area contributed by atoms with Crippen LogP contribution in [0, 0.1) is 0 Å². The number of carbonyl (C=O) groups is 2. The molecule has 1 fully saturated rings. The van der Waals surface area contributed by atoms with Gasteiger partial charge in [-0.2, -0.15) is 0 Å². The molecule has 1 unspecified atom stereocenters. The van der Waals surface area contributed by atoms with Gasteiger partial charge >= 0.3 is 5.97 Å². The highest BCUT2D eigenvalue weighted by atomic mass is 35.5. The Balaban J connectivity index is 2.02. The van der Waals surface area contributed by atoms with Crippen LogP contribution in [0.4, 0.5) is 0 Å². The zero-order valence-corrected chi connectivity index (χ0v) is 11.9. The maximum Gasteiger partial charge on any atom is 0.329 e. The van der Waals surface area contributed by atoms with Crippen molar-refractivity contribution < 1.29 is 19.4 Å². The van der Waals surface area contributed by atoms with Crippen LogP contribution in [0.1, 0.15) is 19.8 Å². The Morgan fingerprint density at radius 2 is 2.15 bits per heavy atom. The van der Waals surface area contributed by atoms with Gasteiger partial charge in [0.05, 0.1) is 5.02 Å². The van der Waals surface area contributed by atoms with Crippen LogP contribution in [0.15, 0.2) is 24.3 Å². The number of rotatable bonds is 4. The predicted molar refractivity (Wildman–Crippen MR) is 73.9 cm³/mol. The highest BCUT2D eigenvalue weighted by Gasteiger charge is 2.45. The number of hydrogen-bond donors (Lipinski definition) is 1. The Hall–Kier alpha value is -1.75. The van der Waals surface area contributed by atoms with E-state index < -0.39 is 11.5 Å². The number of likely N-dealkylation sites (tertiary alicyclic amines) is 1. The lowest BCUT2D eigenvalue weighted by Gasteiger charge is -2.31. The van der Waals surface area contributed by atoms with Gasteiger partial charge in [-0.15, -0.1) is 0 Å². The van der Waals surface area contributed by atoms with Crippen LogP contribution in [0.5, 0.6) is 5.75 Å². The third kappa shape index (κ3) is 2.72. The van der Waals surface area contributed by atoms with Crippen LogP contribution in [-0.2, 0) is 9.59 Å². The van der Waals surface area contributed by atoms with E-state index >= 15 is 0 Å². The second-order valence-corrected chi connectivity index (χ2v) is 5.35. The molecule has 20 heavy (non-hydrogen) atoms. The summed E-state index contributed by atoms with van der Waals surface area (Å²) >= 11 is 5.93. The lowest BCUT2D eigenvalue weighted by Crippen LogP contribution is -2.52. The second kappa shape index (κ2) is 5.71. The van der Waals surface area contributed by atoms with Gasteiger partial charge in [0, 0.05) is 6.54 Å². The molecule has 5 nitrogen and oxygen atoms in total. The first-order valence-corrected chi connectivity index (χ1v) is 6.74. The van der Waals surface area contributed by atoms with Gasteiger partial charge in [0.1, 0.15) is 11.3 Å². The first-order valence-electron chi connectivity index (χ1n) is 6.36. The van der Waals surface area contributed by atoms with Crippen LogP contribution >= 0.6 is 11.6 Å². The van der Waals surface area contributed by atoms with E-state index in [1.165, 1.54) is 4.90 Å². The number of nitrogens with zero attached hydrogens (tertiary/aromatic N) is 1. The van der Waals surface area contributed by atoms with Gasteiger partial charge in [-0.3, -0.25) is 4.79 Å². The van der Waals surface area contributed by atoms with Gasteiger partial charge in [-0.25, -0.2) is 4.79 Å². The van der Waals surface area contributed by atoms with Gasteiger partial charge in [-0.05, 0) is 31.9 Å². The number of amides is 1. The van der Waals surface area contributed by atoms with Gasteiger partial charge in [0.15, 0.2) is 6.61 Å². The average molecular weight is 298 g/mol. The summed E-state index contributed by atoms with van der Waals surface area (Å²) in [4.78, 5) is 24.8. The summed E-state index contributed by atoms with van der Waals surface area (Å²) in [6, 6.07) is 6.84. The first-order chi connectivity index (χ1) is 9.45. The number of aliphatic carboxylic acids is 1. The fourth-order valence-electron chi connectivity index (χ4n) is 2.36. The van der Waals surface area contributed by atoms with Crippen LogP contribution in [-0.4, -0.2) is 40.6 Å². The van der Waals surface area contributed by atoms with Crippen LogP contribution < -0.4 is 4.74 Å². The summed E-state index contributed by atoms with van der Waals surface area (Å²) in [5.41, 5.74) is -1.14. The standard InChI is InChI=1S/C14H16ClNO4/c1-14(13(18)19)7-4-8-16(14)12(17)9-20-11-6-3-2-5-10(11)15/h2-3,5-6H,4,7-9H2,1H3,(H,18,19). The fraction of sp³-hybridized carbons (Fsp3) is 0.429. The second-order valence-electron chi connectivity index (χ2n) is 4.95. The predicted octanol–water partition coefficient (Wildman–Crippen LogP) is 2.18. The minimum absolute atomic E-state index is 0.216. The number of benzene rings is 1. The molecule has 108 valence electrons. The van der Waals surface area contributed by atoms with Crippen molar-refractivity contribution in [2.45, 2.75) is 25.3 Å². The summed E-state index contributed by atoms with van der Waals surface area (Å²) in [5, 5.41) is 9.68. The molecule has 1 aliphatic heterocycles. The SMILES string of the molecule is CC1(C(=O)O)CCCN1C(=O)COc1ccccc1Cl. The van der Waals surface area contributed by atoms with Crippen LogP contribution in [0.25, 0.3) is 0 Å². The zero-order valence-electron chi connectivity index (χ0n) is 11.1. The van der Waals surface area contributed by atoms with Crippen LogP contribution in [0.3, 0.4) is 0 Å². The molecule has 0 spiro atoms. The van der Waals surface area contributed by atoms with Crippen LogP contribution in [0.2, 0.25) is 5.02 Å². The molecule has 0 bridgehead atoms. The molecule has 6 heteroatoms. The maximum absolute atomic E-state index is 12.1. The molecular formula is C14H16ClNO4. The van der Waals surface area contributed by atoms with E-state index in [2.05, 4.69) is 0 Å². The number of carboxylic acid groups (broad SMARTS) is 1. The fourth-order valence-corrected chi connectivity index (χ4v) is 2.55. The molecule has 0 radical (unpaired) electrons. The molecule has 2 rings (SSSR count). The number of carbonyl (C=O) groups excluding carboxylic acids is 1. The molecule has 0 aliphatic carbocycles. The van der Waals surface area contributed by atoms with E-state index in [0.29, 0.717) is 30.2 Å². The highest BCUT2D eigenvalue weighted by molar-refractivity contribution is 6.32. The molecule has 1 heterocycles. The molecule has 1 aromatic rings. The summed E-state index contributed by atoms with van der Waals surface area (Å²) in [7, 11) is 0. The number of carboxylic acids is 1. The molecule has 1 aliphatic rings. The zero-order chi connectivity index (χ0) is 14.8. The summed E-state index contributed by atoms with van der Waals surface area (Å²) < 4.78 is 5.37. The maximum atomic E-state index is 12.1. The monoisotopic (exact) mass is 297 g/mol. The smallest absolute Gasteiger partial charge is 0.329 e. The van der Waals surface area contributed by atoms with Gasteiger partial charge in [0.25, 0.3) is 5.91 Å². The molecule has 1 N–H and O–H groups in total. The normalized spacial score (nSPS) is 21.8. The van der Waals surface area contributed by atoms with Crippen molar-refractivity contribution in [1.29, 1.82) is 0 Å². The largest absolute Gasteiger partial charge is 0.482 e. The topological polar surface area (TPSA) is 66.8 Å². The number of halogens is 1. The summed E-state index contributed by atoms with van der Waals surface area (Å²) in [6.07, 6.45) is 1.14. The molecule has 0 aromatic heterocycles. The van der Waals surface area contributed by atoms with Crippen molar-refractivity contribution in [2.24, 2.45) is 0 Å². The minimum atomic E-state index is -1.14. The van der Waals surface area contributed by atoms with Gasteiger partial charge in [0.2, 0.25) is 0 Å². The molecule has 1 saturated heterocycles. The summed E-state index contributed by atoms with van der Waals surface area (Å²) in [5.74, 6) is -0.910. The van der Waals surface area contributed by atoms with E-state index in [9.17, 15) is 14.7 Å². The molecule has 1 atom stereocenters. The number of ether oxygens (including phenoxy) is 1. The van der Waals surface area contributed by atoms with Crippen molar-refractivity contribution in [3.63, 3.8) is 0 Å². The Morgan fingerprint density at radius 1 is 1.45 bits per heavy atom. The quantitative estimate of drug-likeness (QED) is 0.925. The summed E-state index contributed by atoms with van der Waals surface area (Å²) in [6.45, 7) is 1.79. The lowest BCUT2D eigenvalue weighted by atomic mass is 9.99. The van der Waals surface area contributed by atoms with Crippen molar-refractivity contribution in [3.05, 3.63) is 29.3 Å². The van der Waals surface area contributed by atoms with Crippen molar-refractivity contribution >= 4 is 23.5 Å². The Morgan fingerprint density at radius 3 is 2.80 bits per heavy atom. The van der Waals surface area contributed by atoms with Crippen molar-refractivity contribution in [1.82, 2.24) is 4.90 Å². The Labute approximate surface area is 122 Å². The third-order valence-corrected chi connectivity index (χ3v) is 3.90. The van der Waals surface area contributed by atoms with E-state index in [1.54, 1.807) is 31.2 Å².